The quantitative estimate of drug-likeness (QED) is 0.383. The fourth-order valence-corrected chi connectivity index (χ4v) is 0.173. The van der Waals surface area contributed by atoms with Crippen LogP contribution < -0.4 is 0 Å². The van der Waals surface area contributed by atoms with Gasteiger partial charge < -0.3 is 5.11 Å². The molecule has 1 radical (unpaired) electrons. The maximum atomic E-state index is 9.82. The molecule has 43 valence electrons. The zero-order chi connectivity index (χ0) is 6.57. The summed E-state index contributed by atoms with van der Waals surface area (Å²) >= 11 is 0. The Bertz CT molecular complexity index is 126. The van der Waals surface area contributed by atoms with E-state index in [9.17, 15) is 14.4 Å². The molecule has 0 amide bonds. The maximum absolute atomic E-state index is 9.82. The Labute approximate surface area is 45.1 Å². The first-order valence-corrected chi connectivity index (χ1v) is 1.79. The number of Topliss-reactive ketones (excluding diaryl/α,β-unsaturated/α-hetero) is 1. The van der Waals surface area contributed by atoms with Crippen LogP contribution in [0.3, 0.4) is 0 Å². The van der Waals surface area contributed by atoms with Gasteiger partial charge in [-0.15, -0.1) is 0 Å². The Balaban J connectivity index is 3.55. The summed E-state index contributed by atoms with van der Waals surface area (Å²) < 4.78 is 0. The third-order valence-electron chi connectivity index (χ3n) is 0.426. The molecule has 0 saturated heterocycles. The summed E-state index contributed by atoms with van der Waals surface area (Å²) in [6.07, 6.45) is 0.166. The highest BCUT2D eigenvalue weighted by Gasteiger charge is 2.05. The first-order chi connectivity index (χ1) is 3.66. The Morgan fingerprint density at radius 1 is 1.50 bits per heavy atom. The van der Waals surface area contributed by atoms with Crippen molar-refractivity contribution in [2.75, 3.05) is 0 Å². The number of hydrogen-bond donors (Lipinski definition) is 1. The molecule has 0 fully saturated rings. The van der Waals surface area contributed by atoms with Gasteiger partial charge in [-0.1, -0.05) is 0 Å². The van der Waals surface area contributed by atoms with Gasteiger partial charge in [-0.2, -0.15) is 0 Å². The number of ketones is 1. The van der Waals surface area contributed by atoms with Crippen LogP contribution in [0.15, 0.2) is 0 Å². The van der Waals surface area contributed by atoms with Gasteiger partial charge in [0.2, 0.25) is 5.78 Å². The zero-order valence-electron chi connectivity index (χ0n) is 3.88. The van der Waals surface area contributed by atoms with E-state index in [1.807, 2.05) is 0 Å². The topological polar surface area (TPSA) is 71.4 Å². The Morgan fingerprint density at radius 3 is 2.12 bits per heavy atom. The minimum absolute atomic E-state index is 0.760. The van der Waals surface area contributed by atoms with E-state index in [1.54, 1.807) is 0 Å². The molecule has 0 atom stereocenters. The Kier molecular flexibility index (Phi) is 2.47. The third-order valence-corrected chi connectivity index (χ3v) is 0.426. The molecule has 0 spiro atoms. The van der Waals surface area contributed by atoms with Gasteiger partial charge in [-0.3, -0.25) is 14.4 Å². The molecule has 0 unspecified atom stereocenters. The van der Waals surface area contributed by atoms with Crippen molar-refractivity contribution in [2.24, 2.45) is 0 Å². The summed E-state index contributed by atoms with van der Waals surface area (Å²) in [6, 6.07) is 0. The average Bonchev–Trinajstić information content (AvgIpc) is 1.65. The lowest BCUT2D eigenvalue weighted by molar-refractivity contribution is -0.138. The second kappa shape index (κ2) is 2.90. The van der Waals surface area contributed by atoms with E-state index in [0.717, 1.165) is 6.29 Å². The smallest absolute Gasteiger partial charge is 0.311 e. The summed E-state index contributed by atoms with van der Waals surface area (Å²) in [5, 5.41) is 7.82. The molecule has 0 bridgehead atoms. The van der Waals surface area contributed by atoms with Crippen molar-refractivity contribution in [3.63, 3.8) is 0 Å². The molecule has 0 heterocycles. The zero-order valence-corrected chi connectivity index (χ0v) is 3.88. The molecule has 0 aliphatic carbocycles. The molecule has 8 heavy (non-hydrogen) atoms. The number of carbonyl (C=O) groups excluding carboxylic acids is 2. The van der Waals surface area contributed by atoms with Crippen LogP contribution in [0.4, 0.5) is 0 Å². The molecule has 0 aliphatic heterocycles. The van der Waals surface area contributed by atoms with Crippen LogP contribution in [-0.4, -0.2) is 23.1 Å². The molecule has 0 aromatic carbocycles. The summed E-state index contributed by atoms with van der Waals surface area (Å²) in [4.78, 5) is 28.7. The van der Waals surface area contributed by atoms with Crippen LogP contribution in [0.2, 0.25) is 0 Å². The van der Waals surface area contributed by atoms with Gasteiger partial charge in [-0.05, 0) is 0 Å². The van der Waals surface area contributed by atoms with Crippen LogP contribution in [-0.2, 0) is 14.4 Å². The minimum Gasteiger partial charge on any atom is -0.481 e. The van der Waals surface area contributed by atoms with Crippen molar-refractivity contribution in [2.45, 2.75) is 6.42 Å². The molecule has 0 saturated carbocycles. The number of rotatable bonds is 3. The molecule has 4 nitrogen and oxygen atoms in total. The van der Waals surface area contributed by atoms with E-state index < -0.39 is 18.2 Å². The minimum atomic E-state index is -1.31. The van der Waals surface area contributed by atoms with E-state index in [1.165, 1.54) is 0 Å². The second-order valence-electron chi connectivity index (χ2n) is 1.10. The fraction of sp³-hybridized carbons (Fsp3) is 0.250. The van der Waals surface area contributed by atoms with Crippen LogP contribution in [0.1, 0.15) is 6.42 Å². The van der Waals surface area contributed by atoms with Crippen molar-refractivity contribution in [3.05, 3.63) is 0 Å². The van der Waals surface area contributed by atoms with Crippen molar-refractivity contribution in [1.29, 1.82) is 0 Å². The van der Waals surface area contributed by atoms with Gasteiger partial charge in [0, 0.05) is 0 Å². The van der Waals surface area contributed by atoms with Gasteiger partial charge in [0.15, 0.2) is 0 Å². The Morgan fingerprint density at radius 2 is 2.00 bits per heavy atom. The lowest BCUT2D eigenvalue weighted by atomic mass is 10.3. The summed E-state index contributed by atoms with van der Waals surface area (Å²) in [6.45, 7) is 0. The fourth-order valence-electron chi connectivity index (χ4n) is 0.173. The van der Waals surface area contributed by atoms with Gasteiger partial charge in [0.05, 0.1) is 0 Å². The predicted molar refractivity (Wildman–Crippen MR) is 23.0 cm³/mol. The number of hydrogen-bond acceptors (Lipinski definition) is 3. The number of carboxylic acids is 1. The highest BCUT2D eigenvalue weighted by molar-refractivity contribution is 6.29. The summed E-state index contributed by atoms with van der Waals surface area (Å²) in [5.41, 5.74) is 0. The van der Waals surface area contributed by atoms with E-state index in [4.69, 9.17) is 5.11 Å². The van der Waals surface area contributed by atoms with Crippen molar-refractivity contribution >= 4 is 18.0 Å². The molecule has 0 aromatic heterocycles. The molecular formula is C4H3O4. The number of carboxylic acid groups (broad SMARTS) is 1. The van der Waals surface area contributed by atoms with Crippen LogP contribution in [0, 0.1) is 0 Å². The van der Waals surface area contributed by atoms with Gasteiger partial charge in [0.1, 0.15) is 6.42 Å². The molecule has 4 heteroatoms. The number of carbonyl (C=O) groups is 2. The average molecular weight is 115 g/mol. The monoisotopic (exact) mass is 115 g/mol. The third kappa shape index (κ3) is 3.02. The van der Waals surface area contributed by atoms with Crippen LogP contribution in [0.5, 0.6) is 0 Å². The lowest BCUT2D eigenvalue weighted by Gasteiger charge is -1.79. The van der Waals surface area contributed by atoms with Crippen LogP contribution >= 0.6 is 0 Å². The van der Waals surface area contributed by atoms with E-state index in [0.29, 0.717) is 0 Å². The van der Waals surface area contributed by atoms with Gasteiger partial charge >= 0.3 is 5.97 Å². The van der Waals surface area contributed by atoms with E-state index in [-0.39, 0.29) is 0 Å². The summed E-state index contributed by atoms with van der Waals surface area (Å²) in [5.74, 6) is -2.34. The largest absolute Gasteiger partial charge is 0.481 e. The lowest BCUT2D eigenvalue weighted by Crippen LogP contribution is -2.06. The normalized spacial score (nSPS) is 8.00. The highest BCUT2D eigenvalue weighted by Crippen LogP contribution is 1.76. The summed E-state index contributed by atoms with van der Waals surface area (Å²) in [7, 11) is 0. The maximum Gasteiger partial charge on any atom is 0.311 e. The van der Waals surface area contributed by atoms with E-state index in [2.05, 4.69) is 0 Å². The van der Waals surface area contributed by atoms with Crippen molar-refractivity contribution in [3.8, 4) is 0 Å². The molecule has 0 aliphatic rings. The van der Waals surface area contributed by atoms with Crippen LogP contribution in [0.25, 0.3) is 0 Å². The first-order valence-electron chi connectivity index (χ1n) is 1.79. The van der Waals surface area contributed by atoms with Crippen molar-refractivity contribution < 1.29 is 19.5 Å². The first kappa shape index (κ1) is 6.81. The standard InChI is InChI=1S/C4H3O4/c5-2-3(6)1-4(7)8/h1H2,(H,7,8). The second-order valence-corrected chi connectivity index (χ2v) is 1.10. The Hall–Kier alpha value is -1.19. The highest BCUT2D eigenvalue weighted by atomic mass is 16.4. The molecule has 1 N–H and O–H groups in total. The van der Waals surface area contributed by atoms with Gasteiger partial charge in [0.25, 0.3) is 6.29 Å². The molecule has 0 rings (SSSR count). The van der Waals surface area contributed by atoms with Crippen molar-refractivity contribution in [1.82, 2.24) is 0 Å². The molecular weight excluding hydrogens is 112 g/mol. The number of aliphatic carboxylic acids is 1. The SMILES string of the molecule is O=[C]C(=O)CC(=O)O. The van der Waals surface area contributed by atoms with E-state index >= 15 is 0 Å². The van der Waals surface area contributed by atoms with Gasteiger partial charge in [-0.25, -0.2) is 0 Å². The predicted octanol–water partition coefficient (Wildman–Crippen LogP) is -0.860. The molecule has 0 aromatic rings.